The lowest BCUT2D eigenvalue weighted by molar-refractivity contribution is -0.645. The van der Waals surface area contributed by atoms with Crippen LogP contribution in [0.5, 0.6) is 0 Å². The largest absolute Gasteiger partial charge is 0.381 e. The molecule has 2 heteroatoms. The molecule has 1 aliphatic rings. The second-order valence-electron chi connectivity index (χ2n) is 5.63. The smallest absolute Gasteiger partial charge is 0.214 e. The molecular weight excluding hydrogens is 208 g/mol. The lowest BCUT2D eigenvalue weighted by Crippen LogP contribution is -2.33. The molecule has 0 saturated heterocycles. The van der Waals surface area contributed by atoms with Gasteiger partial charge in [0.25, 0.3) is 0 Å². The first-order valence-corrected chi connectivity index (χ1v) is 6.20. The van der Waals surface area contributed by atoms with E-state index in [4.69, 9.17) is 0 Å². The summed E-state index contributed by atoms with van der Waals surface area (Å²) in [5.41, 5.74) is 4.21. The molecule has 88 valence electrons. The Hall–Kier alpha value is -1.57. The van der Waals surface area contributed by atoms with Crippen LogP contribution in [0, 0.1) is 0 Å². The predicted octanol–water partition coefficient (Wildman–Crippen LogP) is 2.76. The molecule has 17 heavy (non-hydrogen) atoms. The topological polar surface area (TPSA) is 15.9 Å². The fourth-order valence-corrected chi connectivity index (χ4v) is 2.74. The fourth-order valence-electron chi connectivity index (χ4n) is 2.74. The van der Waals surface area contributed by atoms with Crippen molar-refractivity contribution in [3.8, 4) is 0 Å². The minimum Gasteiger partial charge on any atom is -0.381 e. The SMILES string of the molecule is CC1Nc2c(c[n+](C)c3ccccc23)C1(C)C. The van der Waals surface area contributed by atoms with E-state index in [1.54, 1.807) is 0 Å². The molecular formula is C15H19N2+. The van der Waals surface area contributed by atoms with Crippen molar-refractivity contribution >= 4 is 16.6 Å². The third kappa shape index (κ3) is 1.30. The molecule has 1 aliphatic heterocycles. The molecule has 0 aliphatic carbocycles. The van der Waals surface area contributed by atoms with Gasteiger partial charge in [0.1, 0.15) is 7.05 Å². The van der Waals surface area contributed by atoms with Gasteiger partial charge in [-0.15, -0.1) is 0 Å². The zero-order valence-electron chi connectivity index (χ0n) is 10.9. The van der Waals surface area contributed by atoms with Crippen LogP contribution < -0.4 is 9.88 Å². The Morgan fingerprint density at radius 1 is 1.24 bits per heavy atom. The van der Waals surface area contributed by atoms with Crippen LogP contribution in [0.1, 0.15) is 26.3 Å². The highest BCUT2D eigenvalue weighted by Crippen LogP contribution is 2.42. The van der Waals surface area contributed by atoms with Crippen molar-refractivity contribution in [2.24, 2.45) is 7.05 Å². The number of aromatic nitrogens is 1. The van der Waals surface area contributed by atoms with E-state index in [2.05, 4.69) is 68.2 Å². The number of hydrogen-bond donors (Lipinski definition) is 1. The van der Waals surface area contributed by atoms with Gasteiger partial charge >= 0.3 is 0 Å². The number of nitrogens with zero attached hydrogens (tertiary/aromatic N) is 1. The van der Waals surface area contributed by atoms with Crippen LogP contribution in [0.15, 0.2) is 30.5 Å². The zero-order chi connectivity index (χ0) is 12.2. The Morgan fingerprint density at radius 3 is 2.71 bits per heavy atom. The van der Waals surface area contributed by atoms with Crippen molar-refractivity contribution in [1.82, 2.24) is 0 Å². The van der Waals surface area contributed by atoms with Crippen LogP contribution in [0.4, 0.5) is 5.69 Å². The van der Waals surface area contributed by atoms with Gasteiger partial charge in [0.05, 0.1) is 11.1 Å². The first-order valence-electron chi connectivity index (χ1n) is 6.20. The van der Waals surface area contributed by atoms with E-state index in [1.807, 2.05) is 0 Å². The average Bonchev–Trinajstić information content (AvgIpc) is 2.53. The van der Waals surface area contributed by atoms with Crippen LogP contribution in [0.3, 0.4) is 0 Å². The monoisotopic (exact) mass is 227 g/mol. The first-order chi connectivity index (χ1) is 8.01. The van der Waals surface area contributed by atoms with Gasteiger partial charge in [0.2, 0.25) is 5.52 Å². The van der Waals surface area contributed by atoms with Crippen molar-refractivity contribution in [2.45, 2.75) is 32.2 Å². The molecule has 3 rings (SSSR count). The fraction of sp³-hybridized carbons (Fsp3) is 0.400. The van der Waals surface area contributed by atoms with Gasteiger partial charge in [-0.1, -0.05) is 26.0 Å². The van der Waals surface area contributed by atoms with Gasteiger partial charge in [-0.25, -0.2) is 4.57 Å². The number of hydrogen-bond acceptors (Lipinski definition) is 1. The second kappa shape index (κ2) is 3.22. The summed E-state index contributed by atoms with van der Waals surface area (Å²) in [6.45, 7) is 6.88. The van der Waals surface area contributed by atoms with E-state index < -0.39 is 0 Å². The van der Waals surface area contributed by atoms with Crippen molar-refractivity contribution < 1.29 is 4.57 Å². The Kier molecular flexibility index (Phi) is 2.00. The van der Waals surface area contributed by atoms with Gasteiger partial charge < -0.3 is 5.32 Å². The summed E-state index contributed by atoms with van der Waals surface area (Å²) < 4.78 is 2.23. The van der Waals surface area contributed by atoms with Gasteiger partial charge in [-0.05, 0) is 13.0 Å². The summed E-state index contributed by atoms with van der Waals surface area (Å²) in [6.07, 6.45) is 2.27. The molecule has 2 heterocycles. The Bertz CT molecular complexity index is 599. The van der Waals surface area contributed by atoms with Crippen LogP contribution in [0.25, 0.3) is 10.9 Å². The number of nitrogens with one attached hydrogen (secondary N) is 1. The molecule has 1 atom stereocenters. The van der Waals surface area contributed by atoms with E-state index in [9.17, 15) is 0 Å². The summed E-state index contributed by atoms with van der Waals surface area (Å²) in [6, 6.07) is 9.06. The normalized spacial score (nSPS) is 21.3. The summed E-state index contributed by atoms with van der Waals surface area (Å²) in [4.78, 5) is 0. The van der Waals surface area contributed by atoms with Gasteiger partial charge in [-0.3, -0.25) is 0 Å². The molecule has 1 aromatic heterocycles. The maximum atomic E-state index is 3.64. The van der Waals surface area contributed by atoms with Crippen molar-refractivity contribution in [1.29, 1.82) is 0 Å². The van der Waals surface area contributed by atoms with Gasteiger partial charge in [0.15, 0.2) is 6.20 Å². The molecule has 0 radical (unpaired) electrons. The highest BCUT2D eigenvalue weighted by atomic mass is 15.0. The van der Waals surface area contributed by atoms with Crippen LogP contribution in [-0.2, 0) is 12.5 Å². The number of anilines is 1. The maximum absolute atomic E-state index is 3.64. The van der Waals surface area contributed by atoms with E-state index in [1.165, 1.54) is 22.2 Å². The molecule has 1 N–H and O–H groups in total. The third-order valence-corrected chi connectivity index (χ3v) is 4.28. The summed E-state index contributed by atoms with van der Waals surface area (Å²) in [5.74, 6) is 0. The van der Waals surface area contributed by atoms with E-state index in [0.29, 0.717) is 6.04 Å². The van der Waals surface area contributed by atoms with Crippen LogP contribution >= 0.6 is 0 Å². The predicted molar refractivity (Wildman–Crippen MR) is 71.2 cm³/mol. The minimum absolute atomic E-state index is 0.192. The van der Waals surface area contributed by atoms with Crippen molar-refractivity contribution in [3.05, 3.63) is 36.0 Å². The van der Waals surface area contributed by atoms with Crippen molar-refractivity contribution in [3.63, 3.8) is 0 Å². The van der Waals surface area contributed by atoms with Gasteiger partial charge in [0, 0.05) is 23.1 Å². The quantitative estimate of drug-likeness (QED) is 0.684. The van der Waals surface area contributed by atoms with Crippen LogP contribution in [0.2, 0.25) is 0 Å². The van der Waals surface area contributed by atoms with Crippen LogP contribution in [-0.4, -0.2) is 6.04 Å². The molecule has 0 spiro atoms. The van der Waals surface area contributed by atoms with Gasteiger partial charge in [-0.2, -0.15) is 0 Å². The number of pyridine rings is 1. The lowest BCUT2D eigenvalue weighted by atomic mass is 9.82. The first kappa shape index (κ1) is 10.6. The molecule has 0 bridgehead atoms. The molecule has 1 unspecified atom stereocenters. The Morgan fingerprint density at radius 2 is 1.94 bits per heavy atom. The Balaban J connectivity index is 2.41. The second-order valence-corrected chi connectivity index (χ2v) is 5.63. The van der Waals surface area contributed by atoms with E-state index in [0.717, 1.165) is 0 Å². The molecule has 1 aromatic carbocycles. The Labute approximate surface area is 102 Å². The standard InChI is InChI=1S/C15H18N2/c1-10-15(2,3)12-9-17(4)13-8-6-5-7-11(13)14(12)16-10/h5-10H,1-4H3/p+1. The molecule has 2 nitrogen and oxygen atoms in total. The molecule has 2 aromatic rings. The van der Waals surface area contributed by atoms with Crippen molar-refractivity contribution in [2.75, 3.05) is 5.32 Å². The summed E-state index contributed by atoms with van der Waals surface area (Å²) in [5, 5.41) is 4.97. The highest BCUT2D eigenvalue weighted by Gasteiger charge is 2.39. The zero-order valence-corrected chi connectivity index (χ0v) is 10.9. The summed E-state index contributed by atoms with van der Waals surface area (Å²) in [7, 11) is 2.13. The minimum atomic E-state index is 0.192. The molecule has 0 amide bonds. The molecule has 0 saturated carbocycles. The lowest BCUT2D eigenvalue weighted by Gasteiger charge is -2.22. The maximum Gasteiger partial charge on any atom is 0.214 e. The average molecular weight is 227 g/mol. The number of fused-ring (bicyclic) bond motifs is 3. The molecule has 0 fully saturated rings. The van der Waals surface area contributed by atoms with E-state index >= 15 is 0 Å². The summed E-state index contributed by atoms with van der Waals surface area (Å²) >= 11 is 0. The number of rotatable bonds is 0. The number of para-hydroxylation sites is 1. The van der Waals surface area contributed by atoms with E-state index in [-0.39, 0.29) is 5.41 Å². The highest BCUT2D eigenvalue weighted by molar-refractivity contribution is 5.92. The number of aryl methyl sites for hydroxylation is 1. The third-order valence-electron chi connectivity index (χ3n) is 4.28. The number of benzene rings is 1.